The van der Waals surface area contributed by atoms with Gasteiger partial charge >= 0.3 is 0 Å². The van der Waals surface area contributed by atoms with Crippen molar-refractivity contribution in [3.63, 3.8) is 0 Å². The van der Waals surface area contributed by atoms with Crippen LogP contribution in [0.5, 0.6) is 0 Å². The van der Waals surface area contributed by atoms with Crippen molar-refractivity contribution in [2.24, 2.45) is 0 Å². The van der Waals surface area contributed by atoms with E-state index in [-0.39, 0.29) is 6.61 Å². The van der Waals surface area contributed by atoms with Gasteiger partial charge in [0.05, 0.1) is 19.3 Å². The Labute approximate surface area is 120 Å². The molecule has 0 amide bonds. The Bertz CT molecular complexity index is 507. The number of aliphatic hydroxyl groups excluding tert-OH is 1. The van der Waals surface area contributed by atoms with E-state index in [4.69, 9.17) is 5.11 Å². The molecule has 0 aliphatic heterocycles. The molecule has 0 saturated carbocycles. The van der Waals surface area contributed by atoms with Gasteiger partial charge in [0.25, 0.3) is 0 Å². The Morgan fingerprint density at radius 2 is 1.95 bits per heavy atom. The summed E-state index contributed by atoms with van der Waals surface area (Å²) >= 11 is 0. The summed E-state index contributed by atoms with van der Waals surface area (Å²) in [7, 11) is 0. The highest BCUT2D eigenvalue weighted by atomic mass is 16.3. The normalized spacial score (nSPS) is 11.4. The van der Waals surface area contributed by atoms with E-state index in [0.717, 1.165) is 13.1 Å². The SMILES string of the molecule is CC(C)N(CCO)Cc1cnn(Cc2ccccc2)c1. The van der Waals surface area contributed by atoms with Crippen LogP contribution in [0, 0.1) is 0 Å². The number of hydrogen-bond acceptors (Lipinski definition) is 3. The maximum atomic E-state index is 9.10. The zero-order valence-electron chi connectivity index (χ0n) is 12.2. The third kappa shape index (κ3) is 4.18. The van der Waals surface area contributed by atoms with E-state index in [2.05, 4.69) is 42.2 Å². The molecule has 0 unspecified atom stereocenters. The van der Waals surface area contributed by atoms with Gasteiger partial charge in [-0.15, -0.1) is 0 Å². The molecule has 1 N–H and O–H groups in total. The second-order valence-electron chi connectivity index (χ2n) is 5.32. The summed E-state index contributed by atoms with van der Waals surface area (Å²) in [6.07, 6.45) is 4.00. The molecule has 0 fully saturated rings. The van der Waals surface area contributed by atoms with Gasteiger partial charge in [0.15, 0.2) is 0 Å². The molecule has 0 aliphatic rings. The van der Waals surface area contributed by atoms with Gasteiger partial charge in [-0.1, -0.05) is 30.3 Å². The molecule has 0 radical (unpaired) electrons. The number of aromatic nitrogens is 2. The fourth-order valence-electron chi connectivity index (χ4n) is 2.23. The van der Waals surface area contributed by atoms with Crippen molar-refractivity contribution in [1.29, 1.82) is 0 Å². The number of aliphatic hydroxyl groups is 1. The van der Waals surface area contributed by atoms with Gasteiger partial charge in [-0.05, 0) is 19.4 Å². The first-order chi connectivity index (χ1) is 9.69. The quantitative estimate of drug-likeness (QED) is 0.840. The van der Waals surface area contributed by atoms with Crippen LogP contribution in [0.1, 0.15) is 25.0 Å². The van der Waals surface area contributed by atoms with E-state index in [0.29, 0.717) is 12.6 Å². The first kappa shape index (κ1) is 14.8. The highest BCUT2D eigenvalue weighted by molar-refractivity contribution is 5.15. The zero-order chi connectivity index (χ0) is 14.4. The Kier molecular flexibility index (Phi) is 5.32. The molecule has 20 heavy (non-hydrogen) atoms. The molecule has 2 aromatic rings. The van der Waals surface area contributed by atoms with Gasteiger partial charge in [0.2, 0.25) is 0 Å². The summed E-state index contributed by atoms with van der Waals surface area (Å²) in [6.45, 7) is 6.79. The number of nitrogens with zero attached hydrogens (tertiary/aromatic N) is 3. The van der Waals surface area contributed by atoms with Crippen molar-refractivity contribution in [1.82, 2.24) is 14.7 Å². The van der Waals surface area contributed by atoms with Crippen molar-refractivity contribution in [2.75, 3.05) is 13.2 Å². The highest BCUT2D eigenvalue weighted by Gasteiger charge is 2.10. The lowest BCUT2D eigenvalue weighted by atomic mass is 10.2. The van der Waals surface area contributed by atoms with Crippen molar-refractivity contribution in [3.05, 3.63) is 53.9 Å². The molecule has 0 bridgehead atoms. The first-order valence-corrected chi connectivity index (χ1v) is 7.09. The van der Waals surface area contributed by atoms with E-state index in [1.54, 1.807) is 0 Å². The summed E-state index contributed by atoms with van der Waals surface area (Å²) in [5.41, 5.74) is 2.43. The van der Waals surface area contributed by atoms with Crippen LogP contribution in [-0.2, 0) is 13.1 Å². The molecule has 2 rings (SSSR count). The van der Waals surface area contributed by atoms with Crippen molar-refractivity contribution >= 4 is 0 Å². The van der Waals surface area contributed by atoms with Crippen LogP contribution in [0.15, 0.2) is 42.7 Å². The minimum Gasteiger partial charge on any atom is -0.395 e. The maximum absolute atomic E-state index is 9.10. The summed E-state index contributed by atoms with van der Waals surface area (Å²) in [4.78, 5) is 2.24. The van der Waals surface area contributed by atoms with Crippen LogP contribution in [0.3, 0.4) is 0 Å². The lowest BCUT2D eigenvalue weighted by Crippen LogP contribution is -2.32. The number of rotatable bonds is 7. The number of hydrogen-bond donors (Lipinski definition) is 1. The average molecular weight is 273 g/mol. The standard InChI is InChI=1S/C16H23N3O/c1-14(2)18(8-9-20)11-16-10-17-19(13-16)12-15-6-4-3-5-7-15/h3-7,10,13-14,20H,8-9,11-12H2,1-2H3. The second-order valence-corrected chi connectivity index (χ2v) is 5.32. The highest BCUT2D eigenvalue weighted by Crippen LogP contribution is 2.09. The van der Waals surface area contributed by atoms with Gasteiger partial charge in [-0.3, -0.25) is 9.58 Å². The topological polar surface area (TPSA) is 41.3 Å². The smallest absolute Gasteiger partial charge is 0.0659 e. The molecular formula is C16H23N3O. The molecular weight excluding hydrogens is 250 g/mol. The molecule has 0 aliphatic carbocycles. The lowest BCUT2D eigenvalue weighted by Gasteiger charge is -2.24. The van der Waals surface area contributed by atoms with Crippen LogP contribution in [0.2, 0.25) is 0 Å². The van der Waals surface area contributed by atoms with Crippen LogP contribution in [0.4, 0.5) is 0 Å². The van der Waals surface area contributed by atoms with Crippen molar-refractivity contribution < 1.29 is 5.11 Å². The Hall–Kier alpha value is -1.65. The van der Waals surface area contributed by atoms with Crippen molar-refractivity contribution in [2.45, 2.75) is 33.0 Å². The van der Waals surface area contributed by atoms with Gasteiger partial charge in [0, 0.05) is 30.9 Å². The third-order valence-electron chi connectivity index (χ3n) is 3.38. The van der Waals surface area contributed by atoms with E-state index in [1.807, 2.05) is 29.1 Å². The fraction of sp³-hybridized carbons (Fsp3) is 0.438. The Morgan fingerprint density at radius 3 is 2.60 bits per heavy atom. The summed E-state index contributed by atoms with van der Waals surface area (Å²) in [5.74, 6) is 0. The average Bonchev–Trinajstić information content (AvgIpc) is 2.86. The number of benzene rings is 1. The largest absolute Gasteiger partial charge is 0.395 e. The van der Waals surface area contributed by atoms with Crippen molar-refractivity contribution in [3.8, 4) is 0 Å². The molecule has 0 saturated heterocycles. The Morgan fingerprint density at radius 1 is 1.20 bits per heavy atom. The van der Waals surface area contributed by atoms with Gasteiger partial charge in [0.1, 0.15) is 0 Å². The van der Waals surface area contributed by atoms with E-state index in [9.17, 15) is 0 Å². The third-order valence-corrected chi connectivity index (χ3v) is 3.38. The molecule has 4 heteroatoms. The fourth-order valence-corrected chi connectivity index (χ4v) is 2.23. The summed E-state index contributed by atoms with van der Waals surface area (Å²) in [6, 6.07) is 10.7. The minimum absolute atomic E-state index is 0.191. The second kappa shape index (κ2) is 7.22. The van der Waals surface area contributed by atoms with Crippen LogP contribution in [0.25, 0.3) is 0 Å². The van der Waals surface area contributed by atoms with Crippen LogP contribution in [-0.4, -0.2) is 39.0 Å². The molecule has 108 valence electrons. The van der Waals surface area contributed by atoms with Gasteiger partial charge < -0.3 is 5.11 Å². The zero-order valence-corrected chi connectivity index (χ0v) is 12.2. The lowest BCUT2D eigenvalue weighted by molar-refractivity contribution is 0.159. The molecule has 1 aromatic carbocycles. The van der Waals surface area contributed by atoms with Gasteiger partial charge in [-0.2, -0.15) is 5.10 Å². The van der Waals surface area contributed by atoms with Crippen LogP contribution < -0.4 is 0 Å². The molecule has 0 spiro atoms. The molecule has 4 nitrogen and oxygen atoms in total. The van der Waals surface area contributed by atoms with Gasteiger partial charge in [-0.25, -0.2) is 0 Å². The van der Waals surface area contributed by atoms with Crippen LogP contribution >= 0.6 is 0 Å². The van der Waals surface area contributed by atoms with E-state index >= 15 is 0 Å². The predicted octanol–water partition coefficient (Wildman–Crippen LogP) is 2.13. The summed E-state index contributed by atoms with van der Waals surface area (Å²) in [5, 5.41) is 13.5. The van der Waals surface area contributed by atoms with E-state index < -0.39 is 0 Å². The maximum Gasteiger partial charge on any atom is 0.0659 e. The predicted molar refractivity (Wildman–Crippen MR) is 80.4 cm³/mol. The first-order valence-electron chi connectivity index (χ1n) is 7.09. The Balaban J connectivity index is 1.98. The minimum atomic E-state index is 0.191. The molecule has 1 aromatic heterocycles. The van der Waals surface area contributed by atoms with E-state index in [1.165, 1.54) is 11.1 Å². The molecule has 1 heterocycles. The molecule has 0 atom stereocenters. The monoisotopic (exact) mass is 273 g/mol. The summed E-state index contributed by atoms with van der Waals surface area (Å²) < 4.78 is 1.96.